The van der Waals surface area contributed by atoms with Gasteiger partial charge in [0.25, 0.3) is 0 Å². The molecule has 0 aromatic carbocycles. The Labute approximate surface area is 98.8 Å². The lowest BCUT2D eigenvalue weighted by Gasteiger charge is -2.15. The highest BCUT2D eigenvalue weighted by molar-refractivity contribution is 5.79. The van der Waals surface area contributed by atoms with Crippen LogP contribution in [0.1, 0.15) is 19.3 Å². The van der Waals surface area contributed by atoms with Crippen molar-refractivity contribution in [2.75, 3.05) is 39.8 Å². The molecule has 1 aliphatic rings. The summed E-state index contributed by atoms with van der Waals surface area (Å²) in [5.74, 6) is 0.862. The first kappa shape index (κ1) is 13.0. The summed E-state index contributed by atoms with van der Waals surface area (Å²) in [5.41, 5.74) is 0. The van der Waals surface area contributed by atoms with E-state index in [0.717, 1.165) is 19.0 Å². The minimum atomic E-state index is 0.756. The van der Waals surface area contributed by atoms with Crippen molar-refractivity contribution in [3.63, 3.8) is 0 Å². The molecule has 0 unspecified atom stereocenters. The third kappa shape index (κ3) is 5.16. The molecule has 4 heteroatoms. The summed E-state index contributed by atoms with van der Waals surface area (Å²) >= 11 is 0. The molecule has 16 heavy (non-hydrogen) atoms. The maximum absolute atomic E-state index is 4.13. The Bertz CT molecular complexity index is 219. The highest BCUT2D eigenvalue weighted by Crippen LogP contribution is 2.06. The maximum Gasteiger partial charge on any atom is 0.191 e. The molecule has 4 nitrogen and oxygen atoms in total. The third-order valence-electron chi connectivity index (χ3n) is 2.78. The second-order valence-corrected chi connectivity index (χ2v) is 4.07. The number of nitrogens with zero attached hydrogens (tertiary/aromatic N) is 2. The van der Waals surface area contributed by atoms with E-state index in [1.165, 1.54) is 38.9 Å². The van der Waals surface area contributed by atoms with Gasteiger partial charge in [0.05, 0.1) is 0 Å². The lowest BCUT2D eigenvalue weighted by atomic mass is 10.4. The quantitative estimate of drug-likeness (QED) is 0.304. The fourth-order valence-corrected chi connectivity index (χ4v) is 1.91. The van der Waals surface area contributed by atoms with Gasteiger partial charge in [0.2, 0.25) is 0 Å². The Kier molecular flexibility index (Phi) is 6.65. The van der Waals surface area contributed by atoms with Gasteiger partial charge in [-0.3, -0.25) is 4.99 Å². The molecule has 0 atom stereocenters. The zero-order valence-corrected chi connectivity index (χ0v) is 10.3. The van der Waals surface area contributed by atoms with Crippen LogP contribution in [0.2, 0.25) is 0 Å². The molecule has 0 radical (unpaired) electrons. The topological polar surface area (TPSA) is 39.7 Å². The average molecular weight is 224 g/mol. The molecule has 0 bridgehead atoms. The monoisotopic (exact) mass is 224 g/mol. The zero-order valence-electron chi connectivity index (χ0n) is 10.3. The molecule has 0 aromatic rings. The number of rotatable bonds is 6. The van der Waals surface area contributed by atoms with Crippen molar-refractivity contribution in [1.29, 1.82) is 0 Å². The van der Waals surface area contributed by atoms with Gasteiger partial charge in [0, 0.05) is 20.1 Å². The molecule has 1 saturated heterocycles. The van der Waals surface area contributed by atoms with Crippen LogP contribution in [-0.2, 0) is 0 Å². The van der Waals surface area contributed by atoms with Crippen molar-refractivity contribution in [1.82, 2.24) is 15.5 Å². The molecule has 92 valence electrons. The molecule has 1 heterocycles. The summed E-state index contributed by atoms with van der Waals surface area (Å²) in [6, 6.07) is 0. The largest absolute Gasteiger partial charge is 0.356 e. The van der Waals surface area contributed by atoms with E-state index in [1.807, 2.05) is 6.08 Å². The van der Waals surface area contributed by atoms with E-state index >= 15 is 0 Å². The number of guanidine groups is 1. The Hall–Kier alpha value is -1.03. The van der Waals surface area contributed by atoms with E-state index in [-0.39, 0.29) is 0 Å². The Balaban J connectivity index is 2.01. The van der Waals surface area contributed by atoms with Crippen molar-refractivity contribution in [3.05, 3.63) is 12.7 Å². The van der Waals surface area contributed by atoms with Crippen molar-refractivity contribution >= 4 is 5.96 Å². The van der Waals surface area contributed by atoms with E-state index in [9.17, 15) is 0 Å². The average Bonchev–Trinajstić information content (AvgIpc) is 2.81. The van der Waals surface area contributed by atoms with Crippen LogP contribution < -0.4 is 10.6 Å². The number of likely N-dealkylation sites (tertiary alicyclic amines) is 1. The first-order valence-electron chi connectivity index (χ1n) is 6.14. The molecular weight excluding hydrogens is 200 g/mol. The summed E-state index contributed by atoms with van der Waals surface area (Å²) in [5, 5.41) is 6.45. The van der Waals surface area contributed by atoms with Gasteiger partial charge in [-0.25, -0.2) is 0 Å². The van der Waals surface area contributed by atoms with Crippen molar-refractivity contribution in [2.45, 2.75) is 19.3 Å². The SMILES string of the molecule is C=CCNC(=NC)NCCCN1CCCC1. The molecule has 0 aliphatic carbocycles. The van der Waals surface area contributed by atoms with E-state index in [2.05, 4.69) is 27.1 Å². The van der Waals surface area contributed by atoms with Crippen molar-refractivity contribution in [3.8, 4) is 0 Å². The van der Waals surface area contributed by atoms with E-state index in [0.29, 0.717) is 0 Å². The fourth-order valence-electron chi connectivity index (χ4n) is 1.91. The number of hydrogen-bond acceptors (Lipinski definition) is 2. The molecule has 0 aromatic heterocycles. The molecule has 0 amide bonds. The lowest BCUT2D eigenvalue weighted by Crippen LogP contribution is -2.38. The second-order valence-electron chi connectivity index (χ2n) is 4.07. The summed E-state index contributed by atoms with van der Waals surface area (Å²) in [4.78, 5) is 6.66. The molecule has 1 aliphatic heterocycles. The van der Waals surface area contributed by atoms with Gasteiger partial charge < -0.3 is 15.5 Å². The first-order chi connectivity index (χ1) is 7.86. The van der Waals surface area contributed by atoms with Crippen molar-refractivity contribution < 1.29 is 0 Å². The fraction of sp³-hybridized carbons (Fsp3) is 0.750. The molecule has 1 fully saturated rings. The Morgan fingerprint density at radius 2 is 2.12 bits per heavy atom. The van der Waals surface area contributed by atoms with E-state index in [4.69, 9.17) is 0 Å². The third-order valence-corrected chi connectivity index (χ3v) is 2.78. The summed E-state index contributed by atoms with van der Waals surface area (Å²) in [6.45, 7) is 9.16. The van der Waals surface area contributed by atoms with Gasteiger partial charge >= 0.3 is 0 Å². The predicted octanol–water partition coefficient (Wildman–Crippen LogP) is 0.823. The van der Waals surface area contributed by atoms with Gasteiger partial charge in [0.15, 0.2) is 5.96 Å². The van der Waals surface area contributed by atoms with Gasteiger partial charge in [-0.15, -0.1) is 6.58 Å². The molecular formula is C12H24N4. The zero-order chi connectivity index (χ0) is 11.6. The van der Waals surface area contributed by atoms with Crippen LogP contribution in [0.3, 0.4) is 0 Å². The van der Waals surface area contributed by atoms with Gasteiger partial charge in [-0.05, 0) is 38.9 Å². The summed E-state index contributed by atoms with van der Waals surface area (Å²) in [7, 11) is 1.79. The van der Waals surface area contributed by atoms with Crippen LogP contribution in [-0.4, -0.2) is 50.6 Å². The molecule has 1 rings (SSSR count). The Morgan fingerprint density at radius 1 is 1.38 bits per heavy atom. The second kappa shape index (κ2) is 8.16. The minimum Gasteiger partial charge on any atom is -0.356 e. The van der Waals surface area contributed by atoms with Crippen LogP contribution in [0, 0.1) is 0 Å². The van der Waals surface area contributed by atoms with Crippen LogP contribution in [0.25, 0.3) is 0 Å². The van der Waals surface area contributed by atoms with Crippen LogP contribution in [0.15, 0.2) is 17.6 Å². The van der Waals surface area contributed by atoms with Gasteiger partial charge in [-0.2, -0.15) is 0 Å². The normalized spacial score (nSPS) is 17.4. The van der Waals surface area contributed by atoms with Crippen LogP contribution >= 0.6 is 0 Å². The summed E-state index contributed by atoms with van der Waals surface area (Å²) < 4.78 is 0. The van der Waals surface area contributed by atoms with Crippen LogP contribution in [0.5, 0.6) is 0 Å². The van der Waals surface area contributed by atoms with Crippen molar-refractivity contribution in [2.24, 2.45) is 4.99 Å². The highest BCUT2D eigenvalue weighted by atomic mass is 15.2. The predicted molar refractivity (Wildman–Crippen MR) is 69.9 cm³/mol. The van der Waals surface area contributed by atoms with E-state index in [1.54, 1.807) is 7.05 Å². The molecule has 0 spiro atoms. The highest BCUT2D eigenvalue weighted by Gasteiger charge is 2.09. The van der Waals surface area contributed by atoms with E-state index < -0.39 is 0 Å². The molecule has 2 N–H and O–H groups in total. The summed E-state index contributed by atoms with van der Waals surface area (Å²) in [6.07, 6.45) is 5.75. The number of nitrogens with one attached hydrogen (secondary N) is 2. The smallest absolute Gasteiger partial charge is 0.191 e. The first-order valence-corrected chi connectivity index (χ1v) is 6.14. The molecule has 0 saturated carbocycles. The number of hydrogen-bond donors (Lipinski definition) is 2. The lowest BCUT2D eigenvalue weighted by molar-refractivity contribution is 0.334. The van der Waals surface area contributed by atoms with Gasteiger partial charge in [-0.1, -0.05) is 6.08 Å². The maximum atomic E-state index is 4.13. The standard InChI is InChI=1S/C12H24N4/c1-3-7-14-12(13-2)15-8-6-11-16-9-4-5-10-16/h3H,1,4-11H2,2H3,(H2,13,14,15). The Morgan fingerprint density at radius 3 is 2.75 bits per heavy atom. The number of aliphatic imine (C=N–C) groups is 1. The minimum absolute atomic E-state index is 0.756. The van der Waals surface area contributed by atoms with Gasteiger partial charge in [0.1, 0.15) is 0 Å². The van der Waals surface area contributed by atoms with Crippen LogP contribution in [0.4, 0.5) is 0 Å².